The van der Waals surface area contributed by atoms with E-state index < -0.39 is 9.84 Å². The van der Waals surface area contributed by atoms with Crippen LogP contribution in [-0.4, -0.2) is 50.6 Å². The summed E-state index contributed by atoms with van der Waals surface area (Å²) < 4.78 is 35.0. The Labute approximate surface area is 138 Å². The van der Waals surface area contributed by atoms with Gasteiger partial charge in [0.15, 0.2) is 9.84 Å². The summed E-state index contributed by atoms with van der Waals surface area (Å²) in [7, 11) is -0.883. The van der Waals surface area contributed by atoms with Crippen LogP contribution in [0.3, 0.4) is 0 Å². The highest BCUT2D eigenvalue weighted by molar-refractivity contribution is 7.91. The van der Waals surface area contributed by atoms with Crippen molar-refractivity contribution in [2.45, 2.75) is 45.4 Å². The van der Waals surface area contributed by atoms with Gasteiger partial charge in [0.25, 0.3) is 0 Å². The van der Waals surface area contributed by atoms with Gasteiger partial charge < -0.3 is 9.47 Å². The van der Waals surface area contributed by atoms with Crippen molar-refractivity contribution < 1.29 is 17.9 Å². The molecule has 5 nitrogen and oxygen atoms in total. The van der Waals surface area contributed by atoms with E-state index in [4.69, 9.17) is 9.47 Å². The average molecular weight is 339 g/mol. The van der Waals surface area contributed by atoms with Crippen LogP contribution in [0.4, 0.5) is 0 Å². The molecule has 2 aliphatic rings. The van der Waals surface area contributed by atoms with Crippen molar-refractivity contribution in [1.82, 2.24) is 4.90 Å². The average Bonchev–Trinajstić information content (AvgIpc) is 3.00. The first-order valence-corrected chi connectivity index (χ1v) is 10.1. The maximum atomic E-state index is 11.7. The molecule has 1 aromatic carbocycles. The highest BCUT2D eigenvalue weighted by Crippen LogP contribution is 2.36. The molecule has 0 aliphatic carbocycles. The lowest BCUT2D eigenvalue weighted by Gasteiger charge is -2.24. The van der Waals surface area contributed by atoms with Gasteiger partial charge in [0.1, 0.15) is 17.6 Å². The number of fused-ring (bicyclic) bond motifs is 1. The maximum absolute atomic E-state index is 11.7. The van der Waals surface area contributed by atoms with Crippen LogP contribution in [0, 0.1) is 0 Å². The van der Waals surface area contributed by atoms with E-state index in [-0.39, 0.29) is 17.9 Å². The number of ether oxygens (including phenoxy) is 2. The van der Waals surface area contributed by atoms with E-state index >= 15 is 0 Å². The SMILES string of the molecule is CCOc1cc2c(cc1CN(C)[C@@H]1CCS(=O)(=O)C1)O[C@H](C)C2. The Balaban J connectivity index is 1.80. The van der Waals surface area contributed by atoms with Crippen molar-refractivity contribution >= 4 is 9.84 Å². The van der Waals surface area contributed by atoms with E-state index in [2.05, 4.69) is 24.0 Å². The third-order valence-electron chi connectivity index (χ3n) is 4.63. The Morgan fingerprint density at radius 2 is 2.17 bits per heavy atom. The predicted octanol–water partition coefficient (Wildman–Crippen LogP) is 2.03. The minimum absolute atomic E-state index is 0.0857. The van der Waals surface area contributed by atoms with E-state index in [1.54, 1.807) is 0 Å². The molecule has 0 aromatic heterocycles. The van der Waals surface area contributed by atoms with Crippen LogP contribution in [-0.2, 0) is 22.8 Å². The van der Waals surface area contributed by atoms with Crippen LogP contribution in [0.1, 0.15) is 31.4 Å². The van der Waals surface area contributed by atoms with E-state index in [1.807, 2.05) is 14.0 Å². The molecule has 6 heteroatoms. The first-order valence-electron chi connectivity index (χ1n) is 8.24. The summed E-state index contributed by atoms with van der Waals surface area (Å²) in [5.41, 5.74) is 2.25. The zero-order chi connectivity index (χ0) is 16.6. The Hall–Kier alpha value is -1.27. The van der Waals surface area contributed by atoms with Crippen molar-refractivity contribution in [2.75, 3.05) is 25.2 Å². The minimum atomic E-state index is -2.87. The van der Waals surface area contributed by atoms with Crippen molar-refractivity contribution in [1.29, 1.82) is 0 Å². The molecule has 0 bridgehead atoms. The minimum Gasteiger partial charge on any atom is -0.494 e. The molecule has 2 atom stereocenters. The van der Waals surface area contributed by atoms with Gasteiger partial charge in [0.2, 0.25) is 0 Å². The molecule has 1 aromatic rings. The van der Waals surface area contributed by atoms with Crippen molar-refractivity contribution in [2.24, 2.45) is 0 Å². The molecular weight excluding hydrogens is 314 g/mol. The molecule has 0 radical (unpaired) electrons. The first-order chi connectivity index (χ1) is 10.9. The van der Waals surface area contributed by atoms with Crippen LogP contribution in [0.25, 0.3) is 0 Å². The quantitative estimate of drug-likeness (QED) is 0.821. The van der Waals surface area contributed by atoms with Gasteiger partial charge >= 0.3 is 0 Å². The Morgan fingerprint density at radius 1 is 1.39 bits per heavy atom. The molecule has 0 unspecified atom stereocenters. The lowest BCUT2D eigenvalue weighted by Crippen LogP contribution is -2.32. The number of hydrogen-bond donors (Lipinski definition) is 0. The summed E-state index contributed by atoms with van der Waals surface area (Å²) in [6.45, 7) is 5.32. The third kappa shape index (κ3) is 3.63. The summed E-state index contributed by atoms with van der Waals surface area (Å²) in [5, 5.41) is 0. The second kappa shape index (κ2) is 6.32. The normalized spacial score (nSPS) is 25.4. The summed E-state index contributed by atoms with van der Waals surface area (Å²) in [5.74, 6) is 2.37. The fourth-order valence-corrected chi connectivity index (χ4v) is 5.22. The van der Waals surface area contributed by atoms with Gasteiger partial charge in [-0.25, -0.2) is 8.42 Å². The number of benzene rings is 1. The Kier molecular flexibility index (Phi) is 4.56. The number of rotatable bonds is 5. The molecule has 128 valence electrons. The fourth-order valence-electron chi connectivity index (χ4n) is 3.42. The lowest BCUT2D eigenvalue weighted by atomic mass is 10.1. The van der Waals surface area contributed by atoms with Crippen LogP contribution in [0.5, 0.6) is 11.5 Å². The second-order valence-electron chi connectivity index (χ2n) is 6.61. The van der Waals surface area contributed by atoms with E-state index in [9.17, 15) is 8.42 Å². The smallest absolute Gasteiger partial charge is 0.151 e. The molecule has 3 rings (SSSR count). The summed E-state index contributed by atoms with van der Waals surface area (Å²) >= 11 is 0. The summed E-state index contributed by atoms with van der Waals surface area (Å²) in [4.78, 5) is 2.12. The van der Waals surface area contributed by atoms with Gasteiger partial charge in [0, 0.05) is 30.1 Å². The standard InChI is InChI=1S/C17H25NO4S/c1-4-21-16-8-13-7-12(2)22-17(13)9-14(16)10-18(3)15-5-6-23(19,20)11-15/h8-9,12,15H,4-7,10-11H2,1-3H3/t12-,15-/m1/s1. The van der Waals surface area contributed by atoms with Crippen LogP contribution in [0.15, 0.2) is 12.1 Å². The highest BCUT2D eigenvalue weighted by Gasteiger charge is 2.31. The molecule has 0 N–H and O–H groups in total. The Bertz CT molecular complexity index is 686. The van der Waals surface area contributed by atoms with Crippen molar-refractivity contribution in [3.05, 3.63) is 23.3 Å². The van der Waals surface area contributed by atoms with Crippen LogP contribution in [0.2, 0.25) is 0 Å². The Morgan fingerprint density at radius 3 is 2.83 bits per heavy atom. The monoisotopic (exact) mass is 339 g/mol. The molecule has 2 aliphatic heterocycles. The van der Waals surface area contributed by atoms with E-state index in [1.165, 1.54) is 5.56 Å². The van der Waals surface area contributed by atoms with E-state index in [0.717, 1.165) is 23.5 Å². The summed E-state index contributed by atoms with van der Waals surface area (Å²) in [6.07, 6.45) is 1.82. The number of hydrogen-bond acceptors (Lipinski definition) is 5. The van der Waals surface area contributed by atoms with Crippen LogP contribution < -0.4 is 9.47 Å². The molecule has 0 amide bonds. The van der Waals surface area contributed by atoms with E-state index in [0.29, 0.717) is 25.3 Å². The maximum Gasteiger partial charge on any atom is 0.151 e. The fraction of sp³-hybridized carbons (Fsp3) is 0.647. The van der Waals surface area contributed by atoms with Crippen LogP contribution >= 0.6 is 0 Å². The zero-order valence-electron chi connectivity index (χ0n) is 14.0. The van der Waals surface area contributed by atoms with Gasteiger partial charge in [-0.05, 0) is 39.4 Å². The molecular formula is C17H25NO4S. The van der Waals surface area contributed by atoms with Gasteiger partial charge in [0.05, 0.1) is 18.1 Å². The number of nitrogens with zero attached hydrogens (tertiary/aromatic N) is 1. The molecule has 1 saturated heterocycles. The second-order valence-corrected chi connectivity index (χ2v) is 8.83. The molecule has 23 heavy (non-hydrogen) atoms. The molecule has 2 heterocycles. The topological polar surface area (TPSA) is 55.8 Å². The highest BCUT2D eigenvalue weighted by atomic mass is 32.2. The largest absolute Gasteiger partial charge is 0.494 e. The van der Waals surface area contributed by atoms with Gasteiger partial charge in [-0.15, -0.1) is 0 Å². The zero-order valence-corrected chi connectivity index (χ0v) is 14.9. The molecule has 0 spiro atoms. The van der Waals surface area contributed by atoms with Gasteiger partial charge in [-0.3, -0.25) is 4.90 Å². The molecule has 0 saturated carbocycles. The third-order valence-corrected chi connectivity index (χ3v) is 6.38. The molecule has 1 fully saturated rings. The van der Waals surface area contributed by atoms with Crippen molar-refractivity contribution in [3.8, 4) is 11.5 Å². The predicted molar refractivity (Wildman–Crippen MR) is 89.9 cm³/mol. The lowest BCUT2D eigenvalue weighted by molar-refractivity contribution is 0.243. The van der Waals surface area contributed by atoms with Crippen molar-refractivity contribution in [3.63, 3.8) is 0 Å². The van der Waals surface area contributed by atoms with Gasteiger partial charge in [-0.2, -0.15) is 0 Å². The number of sulfone groups is 1. The first kappa shape index (κ1) is 16.6. The van der Waals surface area contributed by atoms with Gasteiger partial charge in [-0.1, -0.05) is 0 Å². The summed E-state index contributed by atoms with van der Waals surface area (Å²) in [6, 6.07) is 4.23.